The lowest BCUT2D eigenvalue weighted by Gasteiger charge is -2.20. The lowest BCUT2D eigenvalue weighted by atomic mass is 10.2. The van der Waals surface area contributed by atoms with Crippen molar-refractivity contribution in [2.75, 3.05) is 27.3 Å². The van der Waals surface area contributed by atoms with E-state index in [1.807, 2.05) is 6.07 Å². The second-order valence-corrected chi connectivity index (χ2v) is 3.92. The highest BCUT2D eigenvalue weighted by molar-refractivity contribution is 5.78. The number of rotatable bonds is 6. The van der Waals surface area contributed by atoms with Crippen molar-refractivity contribution in [3.05, 3.63) is 30.1 Å². The molecule has 0 aliphatic carbocycles. The Hall–Kier alpha value is -1.46. The van der Waals surface area contributed by atoms with Crippen molar-refractivity contribution in [2.24, 2.45) is 0 Å². The molecule has 1 aromatic heterocycles. The third-order valence-corrected chi connectivity index (χ3v) is 2.35. The SMILES string of the molecule is COCC(O)CN(C)C(=O)Cc1cccnc1. The fourth-order valence-corrected chi connectivity index (χ4v) is 1.48. The fourth-order valence-electron chi connectivity index (χ4n) is 1.48. The van der Waals surface area contributed by atoms with Crippen LogP contribution in [0, 0.1) is 0 Å². The molecule has 0 bridgehead atoms. The van der Waals surface area contributed by atoms with Gasteiger partial charge in [0, 0.05) is 33.1 Å². The van der Waals surface area contributed by atoms with Crippen molar-refractivity contribution >= 4 is 5.91 Å². The van der Waals surface area contributed by atoms with Gasteiger partial charge in [0.25, 0.3) is 0 Å². The molecule has 5 nitrogen and oxygen atoms in total. The Morgan fingerprint density at radius 1 is 1.65 bits per heavy atom. The summed E-state index contributed by atoms with van der Waals surface area (Å²) >= 11 is 0. The van der Waals surface area contributed by atoms with Crippen LogP contribution in [0.5, 0.6) is 0 Å². The zero-order valence-corrected chi connectivity index (χ0v) is 10.2. The molecule has 1 amide bonds. The highest BCUT2D eigenvalue weighted by Gasteiger charge is 2.13. The van der Waals surface area contributed by atoms with E-state index in [1.165, 1.54) is 12.0 Å². The van der Waals surface area contributed by atoms with Gasteiger partial charge in [-0.3, -0.25) is 9.78 Å². The van der Waals surface area contributed by atoms with Gasteiger partial charge < -0.3 is 14.7 Å². The van der Waals surface area contributed by atoms with Gasteiger partial charge in [-0.25, -0.2) is 0 Å². The van der Waals surface area contributed by atoms with Crippen LogP contribution >= 0.6 is 0 Å². The van der Waals surface area contributed by atoms with Gasteiger partial charge in [-0.05, 0) is 11.6 Å². The van der Waals surface area contributed by atoms with E-state index in [-0.39, 0.29) is 19.1 Å². The molecule has 1 heterocycles. The van der Waals surface area contributed by atoms with Gasteiger partial charge in [-0.15, -0.1) is 0 Å². The fraction of sp³-hybridized carbons (Fsp3) is 0.500. The smallest absolute Gasteiger partial charge is 0.226 e. The second kappa shape index (κ2) is 6.98. The molecule has 0 saturated carbocycles. The Labute approximate surface area is 101 Å². The normalized spacial score (nSPS) is 12.2. The molecule has 0 saturated heterocycles. The maximum atomic E-state index is 11.8. The number of aliphatic hydroxyl groups excluding tert-OH is 1. The first-order valence-corrected chi connectivity index (χ1v) is 5.43. The Kier molecular flexibility index (Phi) is 5.59. The molecule has 1 atom stereocenters. The van der Waals surface area contributed by atoms with Gasteiger partial charge in [0.2, 0.25) is 5.91 Å². The van der Waals surface area contributed by atoms with Crippen molar-refractivity contribution in [1.82, 2.24) is 9.88 Å². The molecule has 1 unspecified atom stereocenters. The van der Waals surface area contributed by atoms with E-state index in [2.05, 4.69) is 4.98 Å². The van der Waals surface area contributed by atoms with Crippen LogP contribution in [0.1, 0.15) is 5.56 Å². The third-order valence-electron chi connectivity index (χ3n) is 2.35. The van der Waals surface area contributed by atoms with Crippen LogP contribution in [0.2, 0.25) is 0 Å². The Balaban J connectivity index is 2.42. The molecular formula is C12H18N2O3. The standard InChI is InChI=1S/C12H18N2O3/c1-14(8-11(15)9-17-2)12(16)6-10-4-3-5-13-7-10/h3-5,7,11,15H,6,8-9H2,1-2H3. The van der Waals surface area contributed by atoms with Crippen molar-refractivity contribution in [3.8, 4) is 0 Å². The number of nitrogens with zero attached hydrogens (tertiary/aromatic N) is 2. The van der Waals surface area contributed by atoms with Gasteiger partial charge in [0.05, 0.1) is 19.1 Å². The zero-order chi connectivity index (χ0) is 12.7. The number of amides is 1. The highest BCUT2D eigenvalue weighted by Crippen LogP contribution is 2.01. The summed E-state index contributed by atoms with van der Waals surface area (Å²) in [7, 11) is 3.18. The number of likely N-dealkylation sites (N-methyl/N-ethyl adjacent to an activating group) is 1. The lowest BCUT2D eigenvalue weighted by Crippen LogP contribution is -2.37. The number of hydrogen-bond donors (Lipinski definition) is 1. The molecule has 0 fully saturated rings. The van der Waals surface area contributed by atoms with E-state index in [0.29, 0.717) is 6.42 Å². The molecule has 0 aliphatic rings. The summed E-state index contributed by atoms with van der Waals surface area (Å²) in [6.07, 6.45) is 2.98. The number of aromatic nitrogens is 1. The number of aliphatic hydroxyl groups is 1. The molecule has 5 heteroatoms. The van der Waals surface area contributed by atoms with Crippen LogP contribution in [-0.2, 0) is 16.0 Å². The quantitative estimate of drug-likeness (QED) is 0.763. The molecule has 0 aromatic carbocycles. The van der Waals surface area contributed by atoms with E-state index in [9.17, 15) is 9.90 Å². The average molecular weight is 238 g/mol. The van der Waals surface area contributed by atoms with Gasteiger partial charge in [0.15, 0.2) is 0 Å². The summed E-state index contributed by atoms with van der Waals surface area (Å²) in [4.78, 5) is 17.2. The van der Waals surface area contributed by atoms with Crippen LogP contribution in [0.15, 0.2) is 24.5 Å². The Morgan fingerprint density at radius 2 is 2.41 bits per heavy atom. The third kappa shape index (κ3) is 4.93. The van der Waals surface area contributed by atoms with E-state index >= 15 is 0 Å². The molecule has 0 spiro atoms. The Bertz CT molecular complexity index is 343. The number of carbonyl (C=O) groups excluding carboxylic acids is 1. The van der Waals surface area contributed by atoms with Gasteiger partial charge in [-0.2, -0.15) is 0 Å². The van der Waals surface area contributed by atoms with Crippen LogP contribution in [0.25, 0.3) is 0 Å². The topological polar surface area (TPSA) is 62.7 Å². The number of methoxy groups -OCH3 is 1. The van der Waals surface area contributed by atoms with E-state index < -0.39 is 6.10 Å². The number of pyridine rings is 1. The van der Waals surface area contributed by atoms with Crippen LogP contribution in [-0.4, -0.2) is 54.3 Å². The molecular weight excluding hydrogens is 220 g/mol. The molecule has 1 N–H and O–H groups in total. The monoisotopic (exact) mass is 238 g/mol. The second-order valence-electron chi connectivity index (χ2n) is 3.92. The minimum Gasteiger partial charge on any atom is -0.389 e. The first-order valence-electron chi connectivity index (χ1n) is 5.43. The van der Waals surface area contributed by atoms with Crippen molar-refractivity contribution in [1.29, 1.82) is 0 Å². The van der Waals surface area contributed by atoms with Crippen molar-refractivity contribution < 1.29 is 14.6 Å². The molecule has 0 radical (unpaired) electrons. The zero-order valence-electron chi connectivity index (χ0n) is 10.2. The molecule has 94 valence electrons. The van der Waals surface area contributed by atoms with Gasteiger partial charge >= 0.3 is 0 Å². The predicted molar refractivity (Wildman–Crippen MR) is 63.5 cm³/mol. The molecule has 1 aromatic rings. The molecule has 0 aliphatic heterocycles. The first kappa shape index (κ1) is 13.6. The molecule has 1 rings (SSSR count). The highest BCUT2D eigenvalue weighted by atomic mass is 16.5. The van der Waals surface area contributed by atoms with Crippen LogP contribution in [0.3, 0.4) is 0 Å². The number of hydrogen-bond acceptors (Lipinski definition) is 4. The predicted octanol–water partition coefficient (Wildman–Crippen LogP) is 0.0898. The minimum atomic E-state index is -0.650. The maximum Gasteiger partial charge on any atom is 0.226 e. The average Bonchev–Trinajstić information content (AvgIpc) is 2.30. The largest absolute Gasteiger partial charge is 0.389 e. The van der Waals surface area contributed by atoms with Crippen molar-refractivity contribution in [3.63, 3.8) is 0 Å². The number of ether oxygens (including phenoxy) is 1. The number of carbonyl (C=O) groups is 1. The Morgan fingerprint density at radius 3 is 3.00 bits per heavy atom. The van der Waals surface area contributed by atoms with Crippen molar-refractivity contribution in [2.45, 2.75) is 12.5 Å². The summed E-state index contributed by atoms with van der Waals surface area (Å²) in [6, 6.07) is 3.65. The van der Waals surface area contributed by atoms with Gasteiger partial charge in [0.1, 0.15) is 0 Å². The molecule has 17 heavy (non-hydrogen) atoms. The van der Waals surface area contributed by atoms with Crippen LogP contribution in [0.4, 0.5) is 0 Å². The van der Waals surface area contributed by atoms with E-state index in [0.717, 1.165) is 5.56 Å². The summed E-state index contributed by atoms with van der Waals surface area (Å²) in [5.41, 5.74) is 0.866. The summed E-state index contributed by atoms with van der Waals surface area (Å²) < 4.78 is 4.80. The summed E-state index contributed by atoms with van der Waals surface area (Å²) in [5.74, 6) is -0.0480. The lowest BCUT2D eigenvalue weighted by molar-refractivity contribution is -0.130. The summed E-state index contributed by atoms with van der Waals surface area (Å²) in [5, 5.41) is 9.50. The summed E-state index contributed by atoms with van der Waals surface area (Å²) in [6.45, 7) is 0.497. The van der Waals surface area contributed by atoms with Gasteiger partial charge in [-0.1, -0.05) is 6.07 Å². The van der Waals surface area contributed by atoms with E-state index in [1.54, 1.807) is 25.5 Å². The maximum absolute atomic E-state index is 11.8. The van der Waals surface area contributed by atoms with Crippen LogP contribution < -0.4 is 0 Å². The first-order chi connectivity index (χ1) is 8.13. The minimum absolute atomic E-state index is 0.0480. The van der Waals surface area contributed by atoms with E-state index in [4.69, 9.17) is 4.74 Å².